The van der Waals surface area contributed by atoms with Gasteiger partial charge in [0, 0.05) is 25.2 Å². The third-order valence-electron chi connectivity index (χ3n) is 3.68. The van der Waals surface area contributed by atoms with Crippen LogP contribution < -0.4 is 10.1 Å². The third kappa shape index (κ3) is 6.73. The van der Waals surface area contributed by atoms with Crippen molar-refractivity contribution in [1.82, 2.24) is 10.3 Å². The minimum atomic E-state index is -1.14. The van der Waals surface area contributed by atoms with Crippen LogP contribution in [0.2, 0.25) is 0 Å². The summed E-state index contributed by atoms with van der Waals surface area (Å²) in [5.74, 6) is -1.46. The van der Waals surface area contributed by atoms with Crippen LogP contribution in [-0.2, 0) is 9.59 Å². The number of amides is 1. The molecule has 1 amide bonds. The normalized spacial score (nSPS) is 11.7. The number of hydrogen-bond donors (Lipinski definition) is 2. The van der Waals surface area contributed by atoms with E-state index in [1.54, 1.807) is 67.6 Å². The highest BCUT2D eigenvalue weighted by molar-refractivity contribution is 6.09. The van der Waals surface area contributed by atoms with E-state index in [1.807, 2.05) is 0 Å². The van der Waals surface area contributed by atoms with Crippen LogP contribution in [0, 0.1) is 0 Å². The molecule has 1 atom stereocenters. The summed E-state index contributed by atoms with van der Waals surface area (Å²) in [5, 5.41) is 20.3. The minimum absolute atomic E-state index is 0.167. The predicted octanol–water partition coefficient (Wildman–Crippen LogP) is 2.45. The molecule has 2 aromatic rings. The first-order valence-electron chi connectivity index (χ1n) is 8.76. The fourth-order valence-corrected chi connectivity index (χ4v) is 2.24. The van der Waals surface area contributed by atoms with Crippen LogP contribution >= 0.6 is 0 Å². The number of benzene rings is 2. The van der Waals surface area contributed by atoms with Crippen molar-refractivity contribution in [2.24, 2.45) is 10.3 Å². The summed E-state index contributed by atoms with van der Waals surface area (Å²) >= 11 is 0. The van der Waals surface area contributed by atoms with Gasteiger partial charge in [0.1, 0.15) is 12.3 Å². The summed E-state index contributed by atoms with van der Waals surface area (Å²) in [6, 6.07) is 13.1. The average molecular weight is 398 g/mol. The van der Waals surface area contributed by atoms with Crippen molar-refractivity contribution in [2.45, 2.75) is 13.0 Å². The van der Waals surface area contributed by atoms with Crippen LogP contribution in [0.1, 0.15) is 22.8 Å². The van der Waals surface area contributed by atoms with Crippen molar-refractivity contribution in [3.8, 4) is 5.75 Å². The van der Waals surface area contributed by atoms with Gasteiger partial charge in [-0.2, -0.15) is 0 Å². The van der Waals surface area contributed by atoms with Gasteiger partial charge in [0.15, 0.2) is 11.9 Å². The number of carbonyl (C=O) groups is 3. The largest absolute Gasteiger partial charge is 0.481 e. The van der Waals surface area contributed by atoms with Crippen molar-refractivity contribution in [2.75, 3.05) is 20.6 Å². The van der Waals surface area contributed by atoms with Gasteiger partial charge in [0.2, 0.25) is 0 Å². The zero-order chi connectivity index (χ0) is 21.4. The maximum absolute atomic E-state index is 12.6. The van der Waals surface area contributed by atoms with Crippen LogP contribution in [0.5, 0.6) is 5.75 Å². The second-order valence-corrected chi connectivity index (χ2v) is 6.31. The summed E-state index contributed by atoms with van der Waals surface area (Å²) in [6.07, 6.45) is -0.875. The fourth-order valence-electron chi connectivity index (χ4n) is 2.24. The first-order valence-corrected chi connectivity index (χ1v) is 8.76. The fraction of sp³-hybridized carbons (Fsp3) is 0.250. The van der Waals surface area contributed by atoms with Crippen LogP contribution in [0.15, 0.2) is 58.9 Å². The molecule has 29 heavy (non-hydrogen) atoms. The molecule has 0 spiro atoms. The Morgan fingerprint density at radius 1 is 1.03 bits per heavy atom. The lowest BCUT2D eigenvalue weighted by Gasteiger charge is -2.14. The first-order chi connectivity index (χ1) is 13.8. The van der Waals surface area contributed by atoms with E-state index in [9.17, 15) is 14.4 Å². The van der Waals surface area contributed by atoms with Gasteiger partial charge in [-0.3, -0.25) is 19.4 Å². The molecular weight excluding hydrogens is 376 g/mol. The van der Waals surface area contributed by atoms with Crippen molar-refractivity contribution < 1.29 is 24.2 Å². The lowest BCUT2D eigenvalue weighted by atomic mass is 10.0. The molecule has 0 bridgehead atoms. The zero-order valence-electron chi connectivity index (χ0n) is 16.3. The van der Waals surface area contributed by atoms with Crippen LogP contribution in [0.25, 0.3) is 0 Å². The summed E-state index contributed by atoms with van der Waals surface area (Å²) < 4.78 is 5.47. The molecule has 0 aliphatic heterocycles. The molecular formula is C20H22N4O5. The van der Waals surface area contributed by atoms with Crippen LogP contribution in [-0.4, -0.2) is 54.5 Å². The van der Waals surface area contributed by atoms with E-state index in [4.69, 9.17) is 9.84 Å². The highest BCUT2D eigenvalue weighted by Crippen LogP contribution is 2.19. The van der Waals surface area contributed by atoms with Crippen molar-refractivity contribution >= 4 is 23.3 Å². The summed E-state index contributed by atoms with van der Waals surface area (Å²) in [7, 11) is 3.52. The van der Waals surface area contributed by atoms with E-state index in [0.29, 0.717) is 22.6 Å². The number of nitrogens with one attached hydrogen (secondary N) is 1. The third-order valence-corrected chi connectivity index (χ3v) is 3.68. The van der Waals surface area contributed by atoms with E-state index in [1.165, 1.54) is 6.92 Å². The highest BCUT2D eigenvalue weighted by Gasteiger charge is 2.16. The summed E-state index contributed by atoms with van der Waals surface area (Å²) in [4.78, 5) is 34.8. The van der Waals surface area contributed by atoms with Gasteiger partial charge in [0.25, 0.3) is 5.91 Å². The Morgan fingerprint density at radius 3 is 2.10 bits per heavy atom. The second-order valence-electron chi connectivity index (χ2n) is 6.31. The van der Waals surface area contributed by atoms with Gasteiger partial charge in [-0.05, 0) is 55.5 Å². The number of ketones is 1. The van der Waals surface area contributed by atoms with Gasteiger partial charge >= 0.3 is 5.97 Å². The number of carbonyl (C=O) groups excluding carboxylic acids is 2. The smallest absolute Gasteiger partial charge is 0.322 e. The maximum atomic E-state index is 12.6. The molecule has 0 radical (unpaired) electrons. The number of nitrogens with zero attached hydrogens (tertiary/aromatic N) is 3. The first kappa shape index (κ1) is 21.5. The molecule has 0 aliphatic carbocycles. The predicted molar refractivity (Wildman–Crippen MR) is 105 cm³/mol. The van der Waals surface area contributed by atoms with E-state index in [-0.39, 0.29) is 5.78 Å². The molecule has 0 aromatic heterocycles. The molecule has 9 heteroatoms. The quantitative estimate of drug-likeness (QED) is 0.380. The monoisotopic (exact) mass is 398 g/mol. The molecule has 0 saturated heterocycles. The van der Waals surface area contributed by atoms with Crippen LogP contribution in [0.3, 0.4) is 0 Å². The van der Waals surface area contributed by atoms with E-state index >= 15 is 0 Å². The number of ether oxygens (including phenoxy) is 1. The average Bonchev–Trinajstić information content (AvgIpc) is 2.70. The van der Waals surface area contributed by atoms with Gasteiger partial charge in [-0.15, -0.1) is 5.11 Å². The lowest BCUT2D eigenvalue weighted by molar-refractivity contribution is -0.139. The Bertz CT molecular complexity index is 892. The standard InChI is InChI=1S/C20H22N4O5/c1-13(20(28)21-12-18(25)26)29-17-10-6-15(7-11-17)19(27)14-4-8-16(9-5-14)22-23-24(2)3/h4-11,13H,12H2,1-3H3,(H,21,28)(H,25,26). The molecule has 152 valence electrons. The van der Waals surface area contributed by atoms with Crippen molar-refractivity contribution in [3.05, 3.63) is 59.7 Å². The number of hydrogen-bond acceptors (Lipinski definition) is 6. The lowest BCUT2D eigenvalue weighted by Crippen LogP contribution is -2.39. The zero-order valence-corrected chi connectivity index (χ0v) is 16.3. The Morgan fingerprint density at radius 2 is 1.59 bits per heavy atom. The molecule has 2 aromatic carbocycles. The number of aliphatic carboxylic acids is 1. The topological polar surface area (TPSA) is 121 Å². The summed E-state index contributed by atoms with van der Waals surface area (Å²) in [5.41, 5.74) is 1.60. The van der Waals surface area contributed by atoms with Gasteiger partial charge in [0.05, 0.1) is 5.69 Å². The molecule has 1 unspecified atom stereocenters. The number of rotatable bonds is 9. The number of carboxylic acids is 1. The van der Waals surface area contributed by atoms with E-state index in [0.717, 1.165) is 0 Å². The van der Waals surface area contributed by atoms with Gasteiger partial charge < -0.3 is 15.2 Å². The molecule has 0 heterocycles. The molecule has 0 fully saturated rings. The molecule has 2 N–H and O–H groups in total. The molecule has 0 saturated carbocycles. The Balaban J connectivity index is 1.99. The Labute approximate surface area is 168 Å². The Hall–Kier alpha value is -3.75. The van der Waals surface area contributed by atoms with Gasteiger partial charge in [-0.1, -0.05) is 5.22 Å². The Kier molecular flexibility index (Phi) is 7.41. The van der Waals surface area contributed by atoms with Crippen molar-refractivity contribution in [1.29, 1.82) is 0 Å². The van der Waals surface area contributed by atoms with E-state index in [2.05, 4.69) is 15.7 Å². The second kappa shape index (κ2) is 9.98. The van der Waals surface area contributed by atoms with Crippen molar-refractivity contribution in [3.63, 3.8) is 0 Å². The maximum Gasteiger partial charge on any atom is 0.322 e. The highest BCUT2D eigenvalue weighted by atomic mass is 16.5. The van der Waals surface area contributed by atoms with Crippen LogP contribution in [0.4, 0.5) is 5.69 Å². The minimum Gasteiger partial charge on any atom is -0.481 e. The van der Waals surface area contributed by atoms with E-state index < -0.39 is 24.5 Å². The summed E-state index contributed by atoms with van der Waals surface area (Å²) in [6.45, 7) is 1.03. The SMILES string of the molecule is CC(Oc1ccc(C(=O)c2ccc(N=NN(C)C)cc2)cc1)C(=O)NCC(=O)O. The molecule has 9 nitrogen and oxygen atoms in total. The molecule has 2 rings (SSSR count). The van der Waals surface area contributed by atoms with Gasteiger partial charge in [-0.25, -0.2) is 0 Å². The number of carboxylic acid groups (broad SMARTS) is 1. The molecule has 0 aliphatic rings.